The van der Waals surface area contributed by atoms with Crippen LogP contribution in [0.15, 0.2) is 0 Å². The summed E-state index contributed by atoms with van der Waals surface area (Å²) >= 11 is 0. The van der Waals surface area contributed by atoms with E-state index in [0.717, 1.165) is 25.8 Å². The van der Waals surface area contributed by atoms with Gasteiger partial charge >= 0.3 is 0 Å². The summed E-state index contributed by atoms with van der Waals surface area (Å²) in [6.45, 7) is 5.02. The van der Waals surface area contributed by atoms with Crippen molar-refractivity contribution in [3.63, 3.8) is 0 Å². The molecule has 1 N–H and O–H groups in total. The standard InChI is InChI=1S/C9H19NO2/c1-9(2,7-11)5-4-6-10(3)8-12/h8,11H,4-7H2,1-3H3. The summed E-state index contributed by atoms with van der Waals surface area (Å²) < 4.78 is 0. The molecule has 3 nitrogen and oxygen atoms in total. The Morgan fingerprint density at radius 1 is 1.50 bits per heavy atom. The van der Waals surface area contributed by atoms with Gasteiger partial charge in [-0.1, -0.05) is 13.8 Å². The van der Waals surface area contributed by atoms with Gasteiger partial charge in [-0.25, -0.2) is 0 Å². The van der Waals surface area contributed by atoms with Crippen LogP contribution < -0.4 is 0 Å². The molecule has 0 aromatic rings. The molecule has 0 saturated carbocycles. The van der Waals surface area contributed by atoms with Crippen LogP contribution in [0.4, 0.5) is 0 Å². The van der Waals surface area contributed by atoms with Gasteiger partial charge in [0.1, 0.15) is 0 Å². The van der Waals surface area contributed by atoms with Crippen molar-refractivity contribution in [1.82, 2.24) is 4.90 Å². The van der Waals surface area contributed by atoms with Crippen LogP contribution in [0.25, 0.3) is 0 Å². The summed E-state index contributed by atoms with van der Waals surface area (Å²) in [5.41, 5.74) is -0.0102. The van der Waals surface area contributed by atoms with E-state index < -0.39 is 0 Å². The fraction of sp³-hybridized carbons (Fsp3) is 0.889. The minimum Gasteiger partial charge on any atom is -0.396 e. The predicted molar refractivity (Wildman–Crippen MR) is 48.8 cm³/mol. The van der Waals surface area contributed by atoms with Gasteiger partial charge in [0.2, 0.25) is 6.41 Å². The number of aliphatic hydroxyl groups excluding tert-OH is 1. The molecule has 0 rings (SSSR count). The highest BCUT2D eigenvalue weighted by molar-refractivity contribution is 5.46. The van der Waals surface area contributed by atoms with Crippen molar-refractivity contribution in [3.8, 4) is 0 Å². The molecule has 0 saturated heterocycles. The minimum absolute atomic E-state index is 0.0102. The molecule has 0 aliphatic rings. The molecule has 0 heterocycles. The number of carbonyl (C=O) groups is 1. The molecular weight excluding hydrogens is 154 g/mol. The Bertz CT molecular complexity index is 134. The van der Waals surface area contributed by atoms with E-state index in [-0.39, 0.29) is 12.0 Å². The van der Waals surface area contributed by atoms with Gasteiger partial charge in [-0.15, -0.1) is 0 Å². The Morgan fingerprint density at radius 2 is 2.08 bits per heavy atom. The van der Waals surface area contributed by atoms with Crippen LogP contribution in [0, 0.1) is 5.41 Å². The monoisotopic (exact) mass is 173 g/mol. The van der Waals surface area contributed by atoms with Gasteiger partial charge in [0.15, 0.2) is 0 Å². The molecular formula is C9H19NO2. The fourth-order valence-electron chi connectivity index (χ4n) is 0.939. The first-order valence-corrected chi connectivity index (χ1v) is 4.28. The highest BCUT2D eigenvalue weighted by atomic mass is 16.3. The topological polar surface area (TPSA) is 40.5 Å². The van der Waals surface area contributed by atoms with Gasteiger partial charge in [0, 0.05) is 20.2 Å². The molecule has 0 aromatic heterocycles. The lowest BCUT2D eigenvalue weighted by molar-refractivity contribution is -0.117. The maximum absolute atomic E-state index is 10.2. The largest absolute Gasteiger partial charge is 0.396 e. The molecule has 0 unspecified atom stereocenters. The van der Waals surface area contributed by atoms with Crippen molar-refractivity contribution < 1.29 is 9.90 Å². The normalized spacial score (nSPS) is 11.3. The van der Waals surface area contributed by atoms with E-state index in [1.165, 1.54) is 0 Å². The molecule has 0 spiro atoms. The zero-order chi connectivity index (χ0) is 9.61. The lowest BCUT2D eigenvalue weighted by Crippen LogP contribution is -2.21. The third-order valence-electron chi connectivity index (χ3n) is 1.97. The van der Waals surface area contributed by atoms with Gasteiger partial charge < -0.3 is 10.0 Å². The highest BCUT2D eigenvalue weighted by Crippen LogP contribution is 2.20. The van der Waals surface area contributed by atoms with E-state index in [1.807, 2.05) is 13.8 Å². The van der Waals surface area contributed by atoms with Crippen molar-refractivity contribution in [2.24, 2.45) is 5.41 Å². The van der Waals surface area contributed by atoms with Crippen molar-refractivity contribution in [3.05, 3.63) is 0 Å². The number of aliphatic hydroxyl groups is 1. The predicted octanol–water partition coefficient (Wildman–Crippen LogP) is 0.873. The van der Waals surface area contributed by atoms with Crippen LogP contribution >= 0.6 is 0 Å². The summed E-state index contributed by atoms with van der Waals surface area (Å²) in [5, 5.41) is 8.93. The summed E-state index contributed by atoms with van der Waals surface area (Å²) in [4.78, 5) is 11.8. The summed E-state index contributed by atoms with van der Waals surface area (Å²) in [7, 11) is 1.76. The highest BCUT2D eigenvalue weighted by Gasteiger charge is 2.15. The maximum atomic E-state index is 10.2. The van der Waals surface area contributed by atoms with Crippen LogP contribution in [0.1, 0.15) is 26.7 Å². The molecule has 72 valence electrons. The molecule has 0 aliphatic heterocycles. The average molecular weight is 173 g/mol. The van der Waals surface area contributed by atoms with E-state index in [9.17, 15) is 4.79 Å². The molecule has 0 atom stereocenters. The Morgan fingerprint density at radius 3 is 2.50 bits per heavy atom. The average Bonchev–Trinajstić information content (AvgIpc) is 2.04. The lowest BCUT2D eigenvalue weighted by atomic mass is 9.89. The van der Waals surface area contributed by atoms with Crippen molar-refractivity contribution in [1.29, 1.82) is 0 Å². The second-order valence-corrected chi connectivity index (χ2v) is 4.01. The summed E-state index contributed by atoms with van der Waals surface area (Å²) in [5.74, 6) is 0. The van der Waals surface area contributed by atoms with Crippen LogP contribution in [0.5, 0.6) is 0 Å². The van der Waals surface area contributed by atoms with E-state index in [4.69, 9.17) is 5.11 Å². The van der Waals surface area contributed by atoms with Gasteiger partial charge in [-0.2, -0.15) is 0 Å². The number of hydrogen-bond donors (Lipinski definition) is 1. The van der Waals surface area contributed by atoms with Gasteiger partial charge in [-0.3, -0.25) is 4.79 Å². The molecule has 12 heavy (non-hydrogen) atoms. The SMILES string of the molecule is CN(C=O)CCCC(C)(C)CO. The molecule has 0 bridgehead atoms. The smallest absolute Gasteiger partial charge is 0.209 e. The molecule has 0 aromatic carbocycles. The van der Waals surface area contributed by atoms with E-state index in [0.29, 0.717) is 0 Å². The Labute approximate surface area is 74.4 Å². The third-order valence-corrected chi connectivity index (χ3v) is 1.97. The zero-order valence-corrected chi connectivity index (χ0v) is 8.21. The summed E-state index contributed by atoms with van der Waals surface area (Å²) in [6, 6.07) is 0. The van der Waals surface area contributed by atoms with Crippen molar-refractivity contribution in [2.45, 2.75) is 26.7 Å². The number of hydrogen-bond acceptors (Lipinski definition) is 2. The lowest BCUT2D eigenvalue weighted by Gasteiger charge is -2.22. The van der Waals surface area contributed by atoms with Gasteiger partial charge in [0.05, 0.1) is 0 Å². The van der Waals surface area contributed by atoms with Gasteiger partial charge in [0.25, 0.3) is 0 Å². The number of nitrogens with zero attached hydrogens (tertiary/aromatic N) is 1. The fourth-order valence-corrected chi connectivity index (χ4v) is 0.939. The van der Waals surface area contributed by atoms with Crippen LogP contribution in [0.3, 0.4) is 0 Å². The molecule has 0 radical (unpaired) electrons. The third kappa shape index (κ3) is 5.13. The molecule has 1 amide bonds. The Balaban J connectivity index is 3.49. The number of rotatable bonds is 6. The molecule has 0 aliphatic carbocycles. The van der Waals surface area contributed by atoms with E-state index in [1.54, 1.807) is 11.9 Å². The first-order valence-electron chi connectivity index (χ1n) is 4.28. The summed E-state index contributed by atoms with van der Waals surface area (Å²) in [6.07, 6.45) is 2.72. The van der Waals surface area contributed by atoms with Crippen LogP contribution in [-0.4, -0.2) is 36.6 Å². The van der Waals surface area contributed by atoms with Crippen LogP contribution in [-0.2, 0) is 4.79 Å². The van der Waals surface area contributed by atoms with E-state index in [2.05, 4.69) is 0 Å². The van der Waals surface area contributed by atoms with Crippen molar-refractivity contribution >= 4 is 6.41 Å². The second-order valence-electron chi connectivity index (χ2n) is 4.01. The zero-order valence-electron chi connectivity index (χ0n) is 8.21. The Kier molecular flexibility index (Phi) is 4.90. The number of carbonyl (C=O) groups excluding carboxylic acids is 1. The second kappa shape index (κ2) is 5.14. The first-order chi connectivity index (χ1) is 5.52. The first kappa shape index (κ1) is 11.4. The quantitative estimate of drug-likeness (QED) is 0.605. The molecule has 0 fully saturated rings. The van der Waals surface area contributed by atoms with Crippen LogP contribution in [0.2, 0.25) is 0 Å². The van der Waals surface area contributed by atoms with Gasteiger partial charge in [-0.05, 0) is 18.3 Å². The number of amides is 1. The minimum atomic E-state index is -0.0102. The molecule has 3 heteroatoms. The Hall–Kier alpha value is -0.570. The van der Waals surface area contributed by atoms with E-state index >= 15 is 0 Å². The van der Waals surface area contributed by atoms with Crippen molar-refractivity contribution in [2.75, 3.05) is 20.2 Å². The maximum Gasteiger partial charge on any atom is 0.209 e.